The van der Waals surface area contributed by atoms with Gasteiger partial charge in [-0.2, -0.15) is 9.57 Å². The number of nitrogens with one attached hydrogen (secondary N) is 1. The van der Waals surface area contributed by atoms with E-state index in [2.05, 4.69) is 5.32 Å². The van der Waals surface area contributed by atoms with Crippen LogP contribution in [0, 0.1) is 24.1 Å². The first-order valence-corrected chi connectivity index (χ1v) is 13.3. The number of carbonyl (C=O) groups is 3. The summed E-state index contributed by atoms with van der Waals surface area (Å²) in [4.78, 5) is 39.7. The van der Waals surface area contributed by atoms with Gasteiger partial charge in [0.25, 0.3) is 5.91 Å². The minimum absolute atomic E-state index is 0.0511. The van der Waals surface area contributed by atoms with E-state index in [1.807, 2.05) is 6.07 Å². The highest BCUT2D eigenvalue weighted by Gasteiger charge is 2.40. The number of piperazine rings is 1. The number of benzene rings is 2. The molecule has 5 rings (SSSR count). The number of fused-ring (bicyclic) bond motifs is 1. The molecule has 2 aromatic rings. The number of nitrogens with zero attached hydrogens (tertiary/aromatic N) is 4. The van der Waals surface area contributed by atoms with Crippen molar-refractivity contribution < 1.29 is 27.2 Å². The van der Waals surface area contributed by atoms with Gasteiger partial charge in [0, 0.05) is 44.7 Å². The molecule has 37 heavy (non-hydrogen) atoms. The number of carbonyl (C=O) groups excluding carboxylic acids is 3. The first-order valence-electron chi connectivity index (χ1n) is 11.8. The number of imide groups is 1. The van der Waals surface area contributed by atoms with Crippen LogP contribution in [0.5, 0.6) is 0 Å². The topological polar surface area (TPSA) is 131 Å². The first kappa shape index (κ1) is 24.9. The number of piperidine rings is 1. The number of amides is 3. The maximum atomic E-state index is 15.1. The molecular weight excluding hydrogens is 501 g/mol. The molecule has 0 radical (unpaired) electrons. The van der Waals surface area contributed by atoms with Gasteiger partial charge in [-0.25, -0.2) is 12.8 Å². The molecule has 192 valence electrons. The molecule has 3 amide bonds. The Bertz CT molecular complexity index is 1480. The van der Waals surface area contributed by atoms with Crippen molar-refractivity contribution in [3.05, 3.63) is 58.4 Å². The van der Waals surface area contributed by atoms with Gasteiger partial charge in [0.2, 0.25) is 21.8 Å². The molecular formula is C25H24FN5O5S. The minimum Gasteiger partial charge on any atom is -0.367 e. The van der Waals surface area contributed by atoms with Crippen LogP contribution in [0.25, 0.3) is 0 Å². The average molecular weight is 526 g/mol. The van der Waals surface area contributed by atoms with E-state index in [9.17, 15) is 28.1 Å². The number of rotatable bonds is 4. The maximum absolute atomic E-state index is 15.1. The second kappa shape index (κ2) is 9.24. The number of hydrogen-bond donors (Lipinski definition) is 1. The largest absolute Gasteiger partial charge is 0.367 e. The molecule has 2 fully saturated rings. The van der Waals surface area contributed by atoms with Crippen LogP contribution in [0.4, 0.5) is 10.1 Å². The summed E-state index contributed by atoms with van der Waals surface area (Å²) in [7, 11) is -3.91. The molecule has 2 aromatic carbocycles. The van der Waals surface area contributed by atoms with E-state index in [1.165, 1.54) is 21.3 Å². The molecule has 3 aliphatic heterocycles. The summed E-state index contributed by atoms with van der Waals surface area (Å²) in [5.74, 6) is -1.99. The van der Waals surface area contributed by atoms with Crippen LogP contribution in [-0.2, 0) is 26.2 Å². The summed E-state index contributed by atoms with van der Waals surface area (Å²) < 4.78 is 42.8. The van der Waals surface area contributed by atoms with E-state index < -0.39 is 33.7 Å². The summed E-state index contributed by atoms with van der Waals surface area (Å²) >= 11 is 0. The smallest absolute Gasteiger partial charge is 0.255 e. The summed E-state index contributed by atoms with van der Waals surface area (Å²) in [5, 5.41) is 11.6. The second-order valence-corrected chi connectivity index (χ2v) is 11.3. The molecule has 0 spiro atoms. The van der Waals surface area contributed by atoms with Gasteiger partial charge in [-0.1, -0.05) is 6.07 Å². The van der Waals surface area contributed by atoms with Gasteiger partial charge in [-0.15, -0.1) is 0 Å². The fourth-order valence-electron chi connectivity index (χ4n) is 5.08. The molecule has 3 heterocycles. The molecule has 10 nitrogen and oxygen atoms in total. The van der Waals surface area contributed by atoms with Gasteiger partial charge in [-0.3, -0.25) is 19.7 Å². The Hall–Kier alpha value is -3.82. The lowest BCUT2D eigenvalue weighted by atomic mass is 10.0. The van der Waals surface area contributed by atoms with Crippen molar-refractivity contribution >= 4 is 33.4 Å². The molecule has 2 saturated heterocycles. The number of halogens is 1. The van der Waals surface area contributed by atoms with Crippen molar-refractivity contribution in [1.29, 1.82) is 5.26 Å². The zero-order chi connectivity index (χ0) is 26.5. The number of sulfonamides is 1. The lowest BCUT2D eigenvalue weighted by Gasteiger charge is -2.35. The predicted molar refractivity (Wildman–Crippen MR) is 129 cm³/mol. The van der Waals surface area contributed by atoms with Crippen LogP contribution < -0.4 is 10.2 Å². The highest BCUT2D eigenvalue weighted by Crippen LogP contribution is 2.33. The minimum atomic E-state index is -3.91. The molecule has 0 saturated carbocycles. The third-order valence-electron chi connectivity index (χ3n) is 7.04. The Balaban J connectivity index is 1.32. The molecule has 1 unspecified atom stereocenters. The predicted octanol–water partition coefficient (Wildman–Crippen LogP) is 1.28. The van der Waals surface area contributed by atoms with Crippen LogP contribution in [0.1, 0.15) is 39.9 Å². The Labute approximate surface area is 213 Å². The zero-order valence-electron chi connectivity index (χ0n) is 20.0. The van der Waals surface area contributed by atoms with Crippen molar-refractivity contribution in [2.75, 3.05) is 31.1 Å². The molecule has 0 aliphatic carbocycles. The summed E-state index contributed by atoms with van der Waals surface area (Å²) in [6, 6.07) is 8.49. The van der Waals surface area contributed by atoms with Crippen molar-refractivity contribution in [3.63, 3.8) is 0 Å². The molecule has 1 atom stereocenters. The highest BCUT2D eigenvalue weighted by atomic mass is 32.2. The lowest BCUT2D eigenvalue weighted by Crippen LogP contribution is -2.52. The molecule has 12 heteroatoms. The van der Waals surface area contributed by atoms with E-state index in [0.29, 0.717) is 5.56 Å². The molecule has 1 N–H and O–H groups in total. The normalized spacial score (nSPS) is 20.6. The van der Waals surface area contributed by atoms with Crippen LogP contribution in [0.2, 0.25) is 0 Å². The standard InChI is InChI=1S/C25H24FN5O5S/c1-15-2-4-22(16(10-15)13-27)37(35,36)30-8-6-29(7-9-30)21-11-17-14-31(25(34)18(17)12-19(21)26)20-3-5-23(32)28-24(20)33/h2,4,10-12,20H,3,5-9,14H2,1H3,(H,28,32,33). The fourth-order valence-corrected chi connectivity index (χ4v) is 6.63. The van der Waals surface area contributed by atoms with Crippen molar-refractivity contribution in [2.45, 2.75) is 37.2 Å². The Morgan fingerprint density at radius 3 is 2.49 bits per heavy atom. The third kappa shape index (κ3) is 4.34. The van der Waals surface area contributed by atoms with E-state index >= 15 is 4.39 Å². The van der Waals surface area contributed by atoms with Crippen LogP contribution in [0.15, 0.2) is 35.2 Å². The number of aryl methyl sites for hydroxylation is 1. The number of hydrogen-bond acceptors (Lipinski definition) is 7. The van der Waals surface area contributed by atoms with Crippen molar-refractivity contribution in [2.24, 2.45) is 0 Å². The van der Waals surface area contributed by atoms with Gasteiger partial charge in [0.15, 0.2) is 0 Å². The summed E-state index contributed by atoms with van der Waals surface area (Å²) in [5.41, 5.74) is 1.86. The monoisotopic (exact) mass is 525 g/mol. The Kier molecular flexibility index (Phi) is 6.21. The Morgan fingerprint density at radius 1 is 1.08 bits per heavy atom. The van der Waals surface area contributed by atoms with E-state index in [4.69, 9.17) is 0 Å². The third-order valence-corrected chi connectivity index (χ3v) is 9.00. The molecule has 0 aromatic heterocycles. The van der Waals surface area contributed by atoms with Crippen molar-refractivity contribution in [1.82, 2.24) is 14.5 Å². The van der Waals surface area contributed by atoms with E-state index in [1.54, 1.807) is 24.0 Å². The summed E-state index contributed by atoms with van der Waals surface area (Å²) in [6.45, 7) is 2.52. The molecule has 3 aliphatic rings. The van der Waals surface area contributed by atoms with E-state index in [-0.39, 0.29) is 73.2 Å². The first-order chi connectivity index (χ1) is 17.6. The molecule has 0 bridgehead atoms. The quantitative estimate of drug-likeness (QED) is 0.595. The van der Waals surface area contributed by atoms with Gasteiger partial charge in [0.1, 0.15) is 17.9 Å². The van der Waals surface area contributed by atoms with E-state index in [0.717, 1.165) is 11.6 Å². The van der Waals surface area contributed by atoms with Crippen LogP contribution in [-0.4, -0.2) is 67.6 Å². The van der Waals surface area contributed by atoms with Crippen molar-refractivity contribution in [3.8, 4) is 6.07 Å². The van der Waals surface area contributed by atoms with Gasteiger partial charge < -0.3 is 9.80 Å². The van der Waals surface area contributed by atoms with Crippen LogP contribution in [0.3, 0.4) is 0 Å². The number of anilines is 1. The average Bonchev–Trinajstić information content (AvgIpc) is 3.18. The lowest BCUT2D eigenvalue weighted by molar-refractivity contribution is -0.136. The number of nitriles is 1. The van der Waals surface area contributed by atoms with Crippen LogP contribution >= 0.6 is 0 Å². The zero-order valence-corrected chi connectivity index (χ0v) is 20.8. The maximum Gasteiger partial charge on any atom is 0.255 e. The summed E-state index contributed by atoms with van der Waals surface area (Å²) in [6.07, 6.45) is 0.340. The SMILES string of the molecule is Cc1ccc(S(=O)(=O)N2CCN(c3cc4c(cc3F)C(=O)N(C3CCC(=O)NC3=O)C4)CC2)c(C#N)c1. The van der Waals surface area contributed by atoms with Gasteiger partial charge in [-0.05, 0) is 48.7 Å². The van der Waals surface area contributed by atoms with Gasteiger partial charge in [0.05, 0.1) is 16.1 Å². The van der Waals surface area contributed by atoms with Gasteiger partial charge >= 0.3 is 0 Å². The second-order valence-electron chi connectivity index (χ2n) is 9.36. The fraction of sp³-hybridized carbons (Fsp3) is 0.360. The Morgan fingerprint density at radius 2 is 1.81 bits per heavy atom. The highest BCUT2D eigenvalue weighted by molar-refractivity contribution is 7.89.